The van der Waals surface area contributed by atoms with E-state index < -0.39 is 0 Å². The van der Waals surface area contributed by atoms with Gasteiger partial charge in [0.2, 0.25) is 0 Å². The molecule has 1 rings (SSSR count). The molecule has 0 saturated carbocycles. The second kappa shape index (κ2) is 7.17. The van der Waals surface area contributed by atoms with Crippen LogP contribution in [0.4, 0.5) is 0 Å². The van der Waals surface area contributed by atoms with E-state index >= 15 is 0 Å². The van der Waals surface area contributed by atoms with Gasteiger partial charge in [0.25, 0.3) is 0 Å². The zero-order valence-electron chi connectivity index (χ0n) is 10.2. The molecule has 2 atom stereocenters. The van der Waals surface area contributed by atoms with Crippen molar-refractivity contribution >= 4 is 0 Å². The van der Waals surface area contributed by atoms with Gasteiger partial charge in [-0.2, -0.15) is 0 Å². The minimum Gasteiger partial charge on any atom is -0.384 e. The quantitative estimate of drug-likeness (QED) is 0.687. The largest absolute Gasteiger partial charge is 0.384 e. The molecule has 4 heteroatoms. The average Bonchev–Trinajstić information content (AvgIpc) is 2.19. The Morgan fingerprint density at radius 3 is 3.07 bits per heavy atom. The second-order valence-corrected chi connectivity index (χ2v) is 4.37. The fraction of sp³-hybridized carbons (Fsp3) is 1.00. The Balaban J connectivity index is 2.23. The first kappa shape index (κ1) is 12.9. The zero-order valence-corrected chi connectivity index (χ0v) is 10.2. The zero-order chi connectivity index (χ0) is 11.1. The first-order valence-corrected chi connectivity index (χ1v) is 5.73. The van der Waals surface area contributed by atoms with Crippen molar-refractivity contribution in [2.24, 2.45) is 5.92 Å². The number of methoxy groups -OCH3 is 1. The standard InChI is InChI=1S/C11H24N2O2/c1-10(9-14-3)7-13-4-5-15-11(8-13)6-12-2/h10-12H,4-9H2,1-3H3. The van der Waals surface area contributed by atoms with E-state index in [1.165, 1.54) is 0 Å². The molecule has 1 aliphatic heterocycles. The average molecular weight is 216 g/mol. The van der Waals surface area contributed by atoms with E-state index in [2.05, 4.69) is 17.1 Å². The highest BCUT2D eigenvalue weighted by atomic mass is 16.5. The van der Waals surface area contributed by atoms with Crippen molar-refractivity contribution < 1.29 is 9.47 Å². The molecule has 0 aromatic heterocycles. The molecule has 1 heterocycles. The third-order valence-corrected chi connectivity index (χ3v) is 2.68. The molecule has 1 fully saturated rings. The molecule has 0 aliphatic carbocycles. The van der Waals surface area contributed by atoms with Gasteiger partial charge in [0, 0.05) is 39.9 Å². The van der Waals surface area contributed by atoms with Crippen molar-refractivity contribution in [1.82, 2.24) is 10.2 Å². The summed E-state index contributed by atoms with van der Waals surface area (Å²) in [4.78, 5) is 2.47. The van der Waals surface area contributed by atoms with Gasteiger partial charge in [-0.3, -0.25) is 4.90 Å². The minimum atomic E-state index is 0.346. The summed E-state index contributed by atoms with van der Waals surface area (Å²) in [6.45, 7) is 8.06. The topological polar surface area (TPSA) is 33.7 Å². The van der Waals surface area contributed by atoms with Crippen LogP contribution < -0.4 is 5.32 Å². The Bertz CT molecular complexity index is 163. The van der Waals surface area contributed by atoms with Gasteiger partial charge in [0.05, 0.1) is 12.7 Å². The Hall–Kier alpha value is -0.160. The molecule has 0 radical (unpaired) electrons. The molecule has 2 unspecified atom stereocenters. The van der Waals surface area contributed by atoms with Crippen LogP contribution in [0.15, 0.2) is 0 Å². The van der Waals surface area contributed by atoms with Gasteiger partial charge in [-0.1, -0.05) is 6.92 Å². The van der Waals surface area contributed by atoms with Crippen molar-refractivity contribution in [1.29, 1.82) is 0 Å². The number of likely N-dealkylation sites (N-methyl/N-ethyl adjacent to an activating group) is 1. The predicted octanol–water partition coefficient (Wildman–Crippen LogP) is 0.189. The Morgan fingerprint density at radius 1 is 1.60 bits per heavy atom. The first-order chi connectivity index (χ1) is 7.26. The number of ether oxygens (including phenoxy) is 2. The van der Waals surface area contributed by atoms with E-state index in [0.717, 1.165) is 39.4 Å². The normalized spacial score (nSPS) is 25.4. The molecule has 0 aromatic rings. The predicted molar refractivity (Wildman–Crippen MR) is 61.1 cm³/mol. The van der Waals surface area contributed by atoms with Crippen LogP contribution in [0, 0.1) is 5.92 Å². The lowest BCUT2D eigenvalue weighted by Gasteiger charge is -2.34. The van der Waals surface area contributed by atoms with Gasteiger partial charge in [0.1, 0.15) is 0 Å². The van der Waals surface area contributed by atoms with Crippen LogP contribution >= 0.6 is 0 Å². The number of rotatable bonds is 6. The summed E-state index contributed by atoms with van der Waals surface area (Å²) in [5.74, 6) is 0.600. The summed E-state index contributed by atoms with van der Waals surface area (Å²) in [6.07, 6.45) is 0.346. The minimum absolute atomic E-state index is 0.346. The lowest BCUT2D eigenvalue weighted by atomic mass is 10.1. The Morgan fingerprint density at radius 2 is 2.40 bits per heavy atom. The first-order valence-electron chi connectivity index (χ1n) is 5.73. The lowest BCUT2D eigenvalue weighted by molar-refractivity contribution is -0.0331. The smallest absolute Gasteiger partial charge is 0.0826 e. The number of hydrogen-bond donors (Lipinski definition) is 1. The fourth-order valence-electron chi connectivity index (χ4n) is 2.08. The number of morpholine rings is 1. The molecule has 90 valence electrons. The molecule has 1 aliphatic rings. The Labute approximate surface area is 92.9 Å². The van der Waals surface area contributed by atoms with Gasteiger partial charge >= 0.3 is 0 Å². The highest BCUT2D eigenvalue weighted by molar-refractivity contribution is 4.74. The van der Waals surface area contributed by atoms with Crippen molar-refractivity contribution in [3.05, 3.63) is 0 Å². The lowest BCUT2D eigenvalue weighted by Crippen LogP contribution is -2.47. The van der Waals surface area contributed by atoms with Gasteiger partial charge in [-0.25, -0.2) is 0 Å². The van der Waals surface area contributed by atoms with Crippen LogP contribution in [0.5, 0.6) is 0 Å². The fourth-order valence-corrected chi connectivity index (χ4v) is 2.08. The van der Waals surface area contributed by atoms with Crippen LogP contribution in [0.1, 0.15) is 6.92 Å². The summed E-state index contributed by atoms with van der Waals surface area (Å²) in [5, 5.41) is 3.16. The molecule has 1 saturated heterocycles. The molecule has 4 nitrogen and oxygen atoms in total. The number of hydrogen-bond acceptors (Lipinski definition) is 4. The number of nitrogens with one attached hydrogen (secondary N) is 1. The third kappa shape index (κ3) is 4.93. The molecule has 0 spiro atoms. The highest BCUT2D eigenvalue weighted by Crippen LogP contribution is 2.07. The van der Waals surface area contributed by atoms with Crippen LogP contribution in [0.2, 0.25) is 0 Å². The van der Waals surface area contributed by atoms with Crippen LogP contribution in [-0.4, -0.2) is 64.6 Å². The SMILES string of the molecule is CNCC1CN(CC(C)COC)CCO1. The van der Waals surface area contributed by atoms with E-state index in [1.54, 1.807) is 7.11 Å². The van der Waals surface area contributed by atoms with E-state index in [9.17, 15) is 0 Å². The second-order valence-electron chi connectivity index (χ2n) is 4.37. The Kier molecular flexibility index (Phi) is 6.17. The molecule has 15 heavy (non-hydrogen) atoms. The van der Waals surface area contributed by atoms with Crippen molar-refractivity contribution in [3.63, 3.8) is 0 Å². The molecule has 0 aromatic carbocycles. The van der Waals surface area contributed by atoms with Gasteiger partial charge in [-0.05, 0) is 13.0 Å². The number of nitrogens with zero attached hydrogens (tertiary/aromatic N) is 1. The molecular weight excluding hydrogens is 192 g/mol. The summed E-state index contributed by atoms with van der Waals surface area (Å²) in [6, 6.07) is 0. The van der Waals surface area contributed by atoms with E-state index in [4.69, 9.17) is 9.47 Å². The van der Waals surface area contributed by atoms with E-state index in [-0.39, 0.29) is 0 Å². The maximum Gasteiger partial charge on any atom is 0.0826 e. The highest BCUT2D eigenvalue weighted by Gasteiger charge is 2.20. The van der Waals surface area contributed by atoms with Gasteiger partial charge in [-0.15, -0.1) is 0 Å². The van der Waals surface area contributed by atoms with Crippen LogP contribution in [0.3, 0.4) is 0 Å². The van der Waals surface area contributed by atoms with Crippen LogP contribution in [0.25, 0.3) is 0 Å². The summed E-state index contributed by atoms with van der Waals surface area (Å²) >= 11 is 0. The maximum atomic E-state index is 5.65. The summed E-state index contributed by atoms with van der Waals surface area (Å²) in [5.41, 5.74) is 0. The summed E-state index contributed by atoms with van der Waals surface area (Å²) < 4.78 is 10.8. The van der Waals surface area contributed by atoms with E-state index in [0.29, 0.717) is 12.0 Å². The van der Waals surface area contributed by atoms with Gasteiger partial charge in [0.15, 0.2) is 0 Å². The van der Waals surface area contributed by atoms with Crippen molar-refractivity contribution in [3.8, 4) is 0 Å². The maximum absolute atomic E-state index is 5.65. The van der Waals surface area contributed by atoms with Gasteiger partial charge < -0.3 is 14.8 Å². The monoisotopic (exact) mass is 216 g/mol. The molecule has 1 N–H and O–H groups in total. The molecule has 0 bridgehead atoms. The molecular formula is C11H24N2O2. The molecule has 0 amide bonds. The van der Waals surface area contributed by atoms with Crippen molar-refractivity contribution in [2.75, 3.05) is 53.6 Å². The summed E-state index contributed by atoms with van der Waals surface area (Å²) in [7, 11) is 3.73. The van der Waals surface area contributed by atoms with Crippen LogP contribution in [-0.2, 0) is 9.47 Å². The third-order valence-electron chi connectivity index (χ3n) is 2.68. The van der Waals surface area contributed by atoms with E-state index in [1.807, 2.05) is 7.05 Å². The van der Waals surface area contributed by atoms with Crippen molar-refractivity contribution in [2.45, 2.75) is 13.0 Å².